The van der Waals surface area contributed by atoms with Gasteiger partial charge in [0.05, 0.1) is 6.33 Å². The maximum absolute atomic E-state index is 11.6. The van der Waals surface area contributed by atoms with E-state index in [1.165, 1.54) is 30.2 Å². The first-order valence-corrected chi connectivity index (χ1v) is 11.6. The second-order valence-corrected chi connectivity index (χ2v) is 6.21. The average molecular weight is 449 g/mol. The van der Waals surface area contributed by atoms with Crippen LogP contribution in [0, 0.1) is 0 Å². The maximum Gasteiger partial charge on any atom is 0.326 e. The zero-order valence-electron chi connectivity index (χ0n) is 19.0. The molecule has 2 rings (SSSR count). The number of imidazole rings is 1. The van der Waals surface area contributed by atoms with E-state index in [1.807, 2.05) is 41.5 Å². The number of rotatable bonds is 9. The molecule has 1 atom stereocenters. The Morgan fingerprint density at radius 3 is 2.10 bits per heavy atom. The number of nitrogens with zero attached hydrogens (tertiary/aromatic N) is 4. The number of carboxylic acids is 1. The fourth-order valence-electron chi connectivity index (χ4n) is 2.58. The van der Waals surface area contributed by atoms with Crippen LogP contribution in [0.15, 0.2) is 6.33 Å². The Balaban J connectivity index is 0. The Morgan fingerprint density at radius 1 is 1.00 bits per heavy atom. The lowest BCUT2D eigenvalue weighted by Crippen LogP contribution is -2.19. The highest BCUT2D eigenvalue weighted by atomic mass is 35.5. The number of unbranched alkanes of at least 4 members (excludes halogenated alkanes) is 5. The number of aromatic nitrogens is 4. The number of carbonyl (C=O) groups is 1. The summed E-state index contributed by atoms with van der Waals surface area (Å²) < 4.78 is 1.52. The summed E-state index contributed by atoms with van der Waals surface area (Å²) in [5.74, 6) is -0.913. The lowest BCUT2D eigenvalue weighted by molar-refractivity contribution is -0.141. The van der Waals surface area contributed by atoms with Gasteiger partial charge in [0.1, 0.15) is 11.6 Å². The van der Waals surface area contributed by atoms with Gasteiger partial charge in [0.25, 0.3) is 0 Å². The van der Waals surface area contributed by atoms with Crippen molar-refractivity contribution in [2.45, 2.75) is 99.5 Å². The first kappa shape index (κ1) is 29.8. The highest BCUT2D eigenvalue weighted by molar-refractivity contribution is 6.35. The molecule has 2 aromatic heterocycles. The summed E-state index contributed by atoms with van der Waals surface area (Å²) >= 11 is 11.8. The van der Waals surface area contributed by atoms with Gasteiger partial charge in [0.2, 0.25) is 5.28 Å². The van der Waals surface area contributed by atoms with Crippen LogP contribution in [0.3, 0.4) is 0 Å². The third-order valence-corrected chi connectivity index (χ3v) is 4.24. The molecule has 0 spiro atoms. The molecule has 2 heterocycles. The molecule has 2 aromatic rings. The molecule has 1 unspecified atom stereocenters. The van der Waals surface area contributed by atoms with E-state index in [0.717, 1.165) is 19.3 Å². The Bertz CT molecular complexity index is 678. The highest BCUT2D eigenvalue weighted by Crippen LogP contribution is 2.26. The predicted molar refractivity (Wildman–Crippen MR) is 124 cm³/mol. The topological polar surface area (TPSA) is 80.9 Å². The number of fused-ring (bicyclic) bond motifs is 1. The van der Waals surface area contributed by atoms with Crippen molar-refractivity contribution in [3.8, 4) is 0 Å². The van der Waals surface area contributed by atoms with E-state index in [0.29, 0.717) is 17.6 Å². The summed E-state index contributed by atoms with van der Waals surface area (Å²) in [6.45, 7) is 14.2. The van der Waals surface area contributed by atoms with Crippen LogP contribution >= 0.6 is 23.2 Å². The van der Waals surface area contributed by atoms with Gasteiger partial charge in [-0.2, -0.15) is 4.98 Å². The summed E-state index contributed by atoms with van der Waals surface area (Å²) in [5.41, 5.74) is 0.721. The Kier molecular flexibility index (Phi) is 19.1. The van der Waals surface area contributed by atoms with E-state index in [2.05, 4.69) is 21.9 Å². The molecule has 0 saturated carbocycles. The summed E-state index contributed by atoms with van der Waals surface area (Å²) in [6.07, 6.45) is 8.57. The van der Waals surface area contributed by atoms with Crippen LogP contribution in [0.25, 0.3) is 11.2 Å². The molecule has 0 radical (unpaired) electrons. The second kappa shape index (κ2) is 18.6. The third kappa shape index (κ3) is 10.3. The van der Waals surface area contributed by atoms with Gasteiger partial charge < -0.3 is 9.67 Å². The lowest BCUT2D eigenvalue weighted by atomic mass is 10.1. The van der Waals surface area contributed by atoms with Crippen LogP contribution in [-0.4, -0.2) is 30.6 Å². The molecule has 0 aliphatic rings. The van der Waals surface area contributed by atoms with E-state index in [-0.39, 0.29) is 10.4 Å². The van der Waals surface area contributed by atoms with Gasteiger partial charge in [-0.25, -0.2) is 14.8 Å². The Morgan fingerprint density at radius 2 is 1.55 bits per heavy atom. The fourth-order valence-corrected chi connectivity index (χ4v) is 3.01. The Labute approximate surface area is 186 Å². The zero-order valence-corrected chi connectivity index (χ0v) is 20.5. The van der Waals surface area contributed by atoms with Crippen LogP contribution in [0.4, 0.5) is 0 Å². The van der Waals surface area contributed by atoms with Crippen molar-refractivity contribution in [2.75, 3.05) is 0 Å². The number of hydrogen-bond acceptors (Lipinski definition) is 4. The molecule has 0 amide bonds. The number of hydrogen-bond donors (Lipinski definition) is 1. The van der Waals surface area contributed by atoms with E-state index in [4.69, 9.17) is 23.2 Å². The SMILES string of the molecule is CC.CC.CC.CCCCCCCCC(C(=O)O)n1cnc2c(Cl)nc(Cl)nc21. The van der Waals surface area contributed by atoms with E-state index < -0.39 is 12.0 Å². The first-order valence-electron chi connectivity index (χ1n) is 10.8. The zero-order chi connectivity index (χ0) is 22.8. The minimum atomic E-state index is -0.913. The van der Waals surface area contributed by atoms with Crippen LogP contribution in [0.1, 0.15) is 99.5 Å². The lowest BCUT2D eigenvalue weighted by Gasteiger charge is -2.14. The minimum Gasteiger partial charge on any atom is -0.480 e. The maximum atomic E-state index is 11.6. The average Bonchev–Trinajstić information content (AvgIpc) is 3.15. The van der Waals surface area contributed by atoms with Crippen molar-refractivity contribution in [1.29, 1.82) is 0 Å². The number of aliphatic carboxylic acids is 1. The van der Waals surface area contributed by atoms with Crippen molar-refractivity contribution in [3.63, 3.8) is 0 Å². The minimum absolute atomic E-state index is 0.0204. The quantitative estimate of drug-likeness (QED) is 0.242. The largest absolute Gasteiger partial charge is 0.480 e. The molecule has 29 heavy (non-hydrogen) atoms. The van der Waals surface area contributed by atoms with Gasteiger partial charge in [-0.3, -0.25) is 0 Å². The fraction of sp³-hybridized carbons (Fsp3) is 0.714. The molecule has 0 aromatic carbocycles. The van der Waals surface area contributed by atoms with Crippen LogP contribution in [0.5, 0.6) is 0 Å². The Hall–Kier alpha value is -1.40. The molecule has 0 aliphatic heterocycles. The summed E-state index contributed by atoms with van der Waals surface area (Å²) in [5, 5.41) is 9.63. The highest BCUT2D eigenvalue weighted by Gasteiger charge is 2.23. The summed E-state index contributed by atoms with van der Waals surface area (Å²) in [4.78, 5) is 23.6. The van der Waals surface area contributed by atoms with Crippen molar-refractivity contribution in [2.24, 2.45) is 0 Å². The van der Waals surface area contributed by atoms with Gasteiger partial charge in [0.15, 0.2) is 10.8 Å². The molecule has 6 nitrogen and oxygen atoms in total. The normalized spacial score (nSPS) is 10.7. The summed E-state index contributed by atoms with van der Waals surface area (Å²) in [7, 11) is 0. The van der Waals surface area contributed by atoms with E-state index >= 15 is 0 Å². The van der Waals surface area contributed by atoms with Gasteiger partial charge >= 0.3 is 5.97 Å². The smallest absolute Gasteiger partial charge is 0.326 e. The molecule has 0 saturated heterocycles. The van der Waals surface area contributed by atoms with Crippen molar-refractivity contribution < 1.29 is 9.90 Å². The molecular formula is C21H38Cl2N4O2. The van der Waals surface area contributed by atoms with Crippen molar-refractivity contribution in [3.05, 3.63) is 16.8 Å². The number of halogens is 2. The number of carboxylic acid groups (broad SMARTS) is 1. The standard InChI is InChI=1S/C15H20Cl2N4O2.3C2H6/c1-2-3-4-5-6-7-8-10(14(22)23)21-9-18-11-12(16)19-15(17)20-13(11)21;3*1-2/h9-10H,2-8H2,1H3,(H,22,23);3*1-2H3. The van der Waals surface area contributed by atoms with Gasteiger partial charge in [0, 0.05) is 0 Å². The van der Waals surface area contributed by atoms with Gasteiger partial charge in [-0.05, 0) is 18.0 Å². The second-order valence-electron chi connectivity index (χ2n) is 5.52. The molecule has 168 valence electrons. The molecule has 8 heteroatoms. The van der Waals surface area contributed by atoms with E-state index in [1.54, 1.807) is 0 Å². The van der Waals surface area contributed by atoms with Crippen LogP contribution < -0.4 is 0 Å². The molecule has 0 bridgehead atoms. The first-order chi connectivity index (χ1) is 14.0. The molecule has 0 aliphatic carbocycles. The van der Waals surface area contributed by atoms with Crippen molar-refractivity contribution in [1.82, 2.24) is 19.5 Å². The molecular weight excluding hydrogens is 411 g/mol. The van der Waals surface area contributed by atoms with Crippen LogP contribution in [-0.2, 0) is 4.79 Å². The summed E-state index contributed by atoms with van der Waals surface area (Å²) in [6, 6.07) is -0.729. The molecule has 0 fully saturated rings. The van der Waals surface area contributed by atoms with Gasteiger partial charge in [-0.15, -0.1) is 0 Å². The van der Waals surface area contributed by atoms with Crippen molar-refractivity contribution >= 4 is 40.3 Å². The predicted octanol–water partition coefficient (Wildman–Crippen LogP) is 7.59. The van der Waals surface area contributed by atoms with Gasteiger partial charge in [-0.1, -0.05) is 98.6 Å². The van der Waals surface area contributed by atoms with Crippen LogP contribution in [0.2, 0.25) is 10.4 Å². The molecule has 1 N–H and O–H groups in total. The third-order valence-electron chi connectivity index (χ3n) is 3.80. The van der Waals surface area contributed by atoms with E-state index in [9.17, 15) is 9.90 Å². The monoisotopic (exact) mass is 448 g/mol.